The number of thiazole rings is 1. The van der Waals surface area contributed by atoms with E-state index in [1.165, 1.54) is 5.56 Å². The number of hydrogen-bond donors (Lipinski definition) is 0. The van der Waals surface area contributed by atoms with Crippen molar-refractivity contribution in [3.8, 4) is 0 Å². The van der Waals surface area contributed by atoms with E-state index >= 15 is 0 Å². The molecule has 2 heterocycles. The van der Waals surface area contributed by atoms with Crippen molar-refractivity contribution in [3.63, 3.8) is 0 Å². The Morgan fingerprint density at radius 1 is 1.20 bits per heavy atom. The molecule has 5 nitrogen and oxygen atoms in total. The topological polar surface area (TPSA) is 51.0 Å². The molecule has 2 aromatic carbocycles. The Morgan fingerprint density at radius 3 is 2.70 bits per heavy atom. The van der Waals surface area contributed by atoms with Gasteiger partial charge < -0.3 is 4.57 Å². The third-order valence-corrected chi connectivity index (χ3v) is 6.76. The number of aryl methyl sites for hydroxylation is 3. The highest BCUT2D eigenvalue weighted by Crippen LogP contribution is 2.32. The van der Waals surface area contributed by atoms with Gasteiger partial charge in [0.05, 0.1) is 16.5 Å². The number of benzene rings is 2. The molecule has 2 aromatic heterocycles. The Bertz CT molecular complexity index is 1150. The van der Waals surface area contributed by atoms with Gasteiger partial charge >= 0.3 is 0 Å². The summed E-state index contributed by atoms with van der Waals surface area (Å²) in [7, 11) is 0. The van der Waals surface area contributed by atoms with Gasteiger partial charge in [-0.25, -0.2) is 9.97 Å². The zero-order valence-corrected chi connectivity index (χ0v) is 19.0. The number of nitrogens with zero attached hydrogens (tertiary/aromatic N) is 4. The van der Waals surface area contributed by atoms with Crippen LogP contribution in [0.1, 0.15) is 27.9 Å². The van der Waals surface area contributed by atoms with Gasteiger partial charge in [0, 0.05) is 35.9 Å². The number of carbonyl (C=O) groups is 1. The molecule has 0 aliphatic carbocycles. The fourth-order valence-corrected chi connectivity index (χ4v) is 5.05. The second-order valence-corrected chi connectivity index (χ2v) is 9.15. The number of thioether (sulfide) groups is 1. The summed E-state index contributed by atoms with van der Waals surface area (Å²) < 4.78 is 3.15. The van der Waals surface area contributed by atoms with Crippen LogP contribution in [0.15, 0.2) is 60.0 Å². The van der Waals surface area contributed by atoms with Crippen molar-refractivity contribution in [3.05, 3.63) is 71.8 Å². The number of fused-ring (bicyclic) bond motifs is 1. The van der Waals surface area contributed by atoms with Crippen molar-refractivity contribution in [2.45, 2.75) is 31.7 Å². The molecule has 0 N–H and O–H groups in total. The van der Waals surface area contributed by atoms with E-state index in [0.717, 1.165) is 38.8 Å². The van der Waals surface area contributed by atoms with Crippen molar-refractivity contribution < 1.29 is 4.79 Å². The molecule has 0 saturated carbocycles. The molecule has 0 atom stereocenters. The standard InChI is InChI=1S/C23H24N4OS2/c1-16-13-17(2)21-20(14-16)30-23(25-21)27(11-4-10-26-12-9-24-15-26)22(28)18-5-7-19(29-3)8-6-18/h5-9,12-15H,4,10-11H2,1-3H3. The average molecular weight is 437 g/mol. The molecule has 30 heavy (non-hydrogen) atoms. The monoisotopic (exact) mass is 436 g/mol. The fraction of sp³-hybridized carbons (Fsp3) is 0.261. The van der Waals surface area contributed by atoms with Gasteiger partial charge in [-0.3, -0.25) is 9.69 Å². The van der Waals surface area contributed by atoms with Gasteiger partial charge in [-0.1, -0.05) is 17.4 Å². The molecule has 0 fully saturated rings. The minimum Gasteiger partial charge on any atom is -0.337 e. The number of carbonyl (C=O) groups excluding carboxylic acids is 1. The molecule has 0 unspecified atom stereocenters. The second kappa shape index (κ2) is 9.02. The van der Waals surface area contributed by atoms with E-state index in [9.17, 15) is 4.79 Å². The molecule has 0 aliphatic rings. The van der Waals surface area contributed by atoms with Crippen LogP contribution in [0, 0.1) is 13.8 Å². The molecular weight excluding hydrogens is 412 g/mol. The Balaban J connectivity index is 1.65. The van der Waals surface area contributed by atoms with Crippen LogP contribution in [0.3, 0.4) is 0 Å². The molecule has 4 rings (SSSR count). The van der Waals surface area contributed by atoms with Gasteiger partial charge in [-0.05, 0) is 68.0 Å². The number of hydrogen-bond acceptors (Lipinski definition) is 5. The van der Waals surface area contributed by atoms with Crippen molar-refractivity contribution in [2.75, 3.05) is 17.7 Å². The summed E-state index contributed by atoms with van der Waals surface area (Å²) in [5, 5.41) is 0.753. The number of anilines is 1. The fourth-order valence-electron chi connectivity index (χ4n) is 3.48. The van der Waals surface area contributed by atoms with Gasteiger partial charge in [0.25, 0.3) is 5.91 Å². The number of amides is 1. The van der Waals surface area contributed by atoms with Gasteiger partial charge in [0.1, 0.15) is 0 Å². The molecule has 7 heteroatoms. The minimum atomic E-state index is -0.0123. The lowest BCUT2D eigenvalue weighted by molar-refractivity contribution is 0.0986. The third-order valence-electron chi connectivity index (χ3n) is 4.99. The smallest absolute Gasteiger partial charge is 0.260 e. The van der Waals surface area contributed by atoms with E-state index in [1.54, 1.807) is 35.6 Å². The second-order valence-electron chi connectivity index (χ2n) is 7.26. The average Bonchev–Trinajstić information content (AvgIpc) is 3.41. The molecule has 0 bridgehead atoms. The first-order chi connectivity index (χ1) is 14.5. The van der Waals surface area contributed by atoms with Crippen molar-refractivity contribution in [1.29, 1.82) is 0 Å². The SMILES string of the molecule is CSc1ccc(C(=O)N(CCCn2ccnc2)c2nc3c(C)cc(C)cc3s2)cc1. The Hall–Kier alpha value is -2.64. The van der Waals surface area contributed by atoms with Crippen LogP contribution < -0.4 is 4.90 Å². The normalized spacial score (nSPS) is 11.2. The van der Waals surface area contributed by atoms with Crippen LogP contribution in [0.2, 0.25) is 0 Å². The summed E-state index contributed by atoms with van der Waals surface area (Å²) in [4.78, 5) is 25.3. The van der Waals surface area contributed by atoms with E-state index in [-0.39, 0.29) is 5.91 Å². The predicted octanol–water partition coefficient (Wildman–Crippen LogP) is 5.57. The van der Waals surface area contributed by atoms with E-state index in [4.69, 9.17) is 4.98 Å². The Labute approximate surface area is 184 Å². The molecule has 0 saturated heterocycles. The lowest BCUT2D eigenvalue weighted by Gasteiger charge is -2.20. The van der Waals surface area contributed by atoms with Crippen LogP contribution in [0.25, 0.3) is 10.2 Å². The summed E-state index contributed by atoms with van der Waals surface area (Å²) in [6.45, 7) is 5.57. The molecule has 0 aliphatic heterocycles. The Morgan fingerprint density at radius 2 is 2.00 bits per heavy atom. The van der Waals surface area contributed by atoms with E-state index in [1.807, 2.05) is 46.2 Å². The van der Waals surface area contributed by atoms with Crippen molar-refractivity contribution in [2.24, 2.45) is 0 Å². The van der Waals surface area contributed by atoms with Gasteiger partial charge in [0.15, 0.2) is 5.13 Å². The van der Waals surface area contributed by atoms with Gasteiger partial charge in [-0.15, -0.1) is 11.8 Å². The highest BCUT2D eigenvalue weighted by atomic mass is 32.2. The molecule has 1 amide bonds. The highest BCUT2D eigenvalue weighted by Gasteiger charge is 2.21. The number of imidazole rings is 1. The van der Waals surface area contributed by atoms with Crippen LogP contribution in [-0.2, 0) is 6.54 Å². The highest BCUT2D eigenvalue weighted by molar-refractivity contribution is 7.98. The van der Waals surface area contributed by atoms with Crippen molar-refractivity contribution >= 4 is 44.4 Å². The first kappa shape index (κ1) is 20.6. The summed E-state index contributed by atoms with van der Waals surface area (Å²) in [5.74, 6) is -0.0123. The molecule has 0 spiro atoms. The summed E-state index contributed by atoms with van der Waals surface area (Å²) in [6, 6.07) is 12.1. The van der Waals surface area contributed by atoms with E-state index < -0.39 is 0 Å². The van der Waals surface area contributed by atoms with Gasteiger partial charge in [0.2, 0.25) is 0 Å². The maximum absolute atomic E-state index is 13.4. The van der Waals surface area contributed by atoms with Crippen LogP contribution >= 0.6 is 23.1 Å². The molecule has 0 radical (unpaired) electrons. The maximum atomic E-state index is 13.4. The molecule has 4 aromatic rings. The van der Waals surface area contributed by atoms with Crippen molar-refractivity contribution in [1.82, 2.24) is 14.5 Å². The maximum Gasteiger partial charge on any atom is 0.260 e. The van der Waals surface area contributed by atoms with E-state index in [0.29, 0.717) is 12.1 Å². The third kappa shape index (κ3) is 4.42. The lowest BCUT2D eigenvalue weighted by atomic mass is 10.1. The largest absolute Gasteiger partial charge is 0.337 e. The lowest BCUT2D eigenvalue weighted by Crippen LogP contribution is -2.32. The Kier molecular flexibility index (Phi) is 6.20. The predicted molar refractivity (Wildman–Crippen MR) is 126 cm³/mol. The number of aromatic nitrogens is 3. The van der Waals surface area contributed by atoms with E-state index in [2.05, 4.69) is 31.0 Å². The number of rotatable bonds is 7. The molecular formula is C23H24N4OS2. The summed E-state index contributed by atoms with van der Waals surface area (Å²) in [6.07, 6.45) is 8.37. The van der Waals surface area contributed by atoms with Crippen LogP contribution in [-0.4, -0.2) is 33.2 Å². The van der Waals surface area contributed by atoms with Gasteiger partial charge in [-0.2, -0.15) is 0 Å². The quantitative estimate of drug-likeness (QED) is 0.356. The van der Waals surface area contributed by atoms with Crippen LogP contribution in [0.4, 0.5) is 5.13 Å². The minimum absolute atomic E-state index is 0.0123. The van der Waals surface area contributed by atoms with Crippen LogP contribution in [0.5, 0.6) is 0 Å². The molecule has 154 valence electrons. The zero-order valence-electron chi connectivity index (χ0n) is 17.3. The summed E-state index contributed by atoms with van der Waals surface area (Å²) >= 11 is 3.25. The first-order valence-electron chi connectivity index (χ1n) is 9.84. The zero-order chi connectivity index (χ0) is 21.1. The first-order valence-corrected chi connectivity index (χ1v) is 11.9. The summed E-state index contributed by atoms with van der Waals surface area (Å²) in [5.41, 5.74) is 4.01.